The first kappa shape index (κ1) is 12.3. The number of carbonyl (C=O) groups excluding carboxylic acids is 1. The zero-order valence-electron chi connectivity index (χ0n) is 8.76. The first-order valence-electron chi connectivity index (χ1n) is 4.65. The van der Waals surface area contributed by atoms with Gasteiger partial charge in [-0.2, -0.15) is 0 Å². The third-order valence-corrected chi connectivity index (χ3v) is 2.71. The van der Waals surface area contributed by atoms with Gasteiger partial charge < -0.3 is 4.90 Å². The Hall–Kier alpha value is -0.730. The van der Waals surface area contributed by atoms with Crippen LogP contribution in [0.15, 0.2) is 18.2 Å². The lowest BCUT2D eigenvalue weighted by atomic mass is 10.1. The summed E-state index contributed by atoms with van der Waals surface area (Å²) in [6.07, 6.45) is 1.11. The molecule has 0 bridgehead atoms. The zero-order valence-corrected chi connectivity index (χ0v) is 10.3. The van der Waals surface area contributed by atoms with Crippen LogP contribution >= 0.6 is 23.2 Å². The molecular formula is C11H13Cl2NO. The molecule has 0 aliphatic heterocycles. The van der Waals surface area contributed by atoms with Crippen molar-refractivity contribution in [3.8, 4) is 0 Å². The second-order valence-electron chi connectivity index (χ2n) is 3.52. The van der Waals surface area contributed by atoms with Gasteiger partial charge in [0.15, 0.2) is 0 Å². The van der Waals surface area contributed by atoms with Crippen molar-refractivity contribution in [1.82, 2.24) is 4.90 Å². The van der Waals surface area contributed by atoms with Crippen molar-refractivity contribution in [3.63, 3.8) is 0 Å². The Morgan fingerprint density at radius 3 is 2.53 bits per heavy atom. The number of amides is 1. The molecule has 0 aromatic heterocycles. The summed E-state index contributed by atoms with van der Waals surface area (Å²) in [5.74, 6) is 0.0982. The minimum Gasteiger partial charge on any atom is -0.349 e. The van der Waals surface area contributed by atoms with Crippen LogP contribution in [-0.4, -0.2) is 24.9 Å². The van der Waals surface area contributed by atoms with Gasteiger partial charge in [-0.1, -0.05) is 29.3 Å². The zero-order chi connectivity index (χ0) is 11.4. The maximum Gasteiger partial charge on any atom is 0.222 e. The molecular weight excluding hydrogens is 233 g/mol. The Morgan fingerprint density at radius 2 is 2.00 bits per heavy atom. The molecule has 82 valence electrons. The Labute approximate surface area is 99.8 Å². The van der Waals surface area contributed by atoms with Crippen molar-refractivity contribution in [2.75, 3.05) is 14.1 Å². The lowest BCUT2D eigenvalue weighted by Crippen LogP contribution is -2.21. The number of halogens is 2. The summed E-state index contributed by atoms with van der Waals surface area (Å²) in [6, 6.07) is 5.33. The molecule has 0 radical (unpaired) electrons. The summed E-state index contributed by atoms with van der Waals surface area (Å²) >= 11 is 11.8. The van der Waals surface area contributed by atoms with E-state index in [1.54, 1.807) is 31.1 Å². The lowest BCUT2D eigenvalue weighted by Gasteiger charge is -2.10. The van der Waals surface area contributed by atoms with E-state index in [9.17, 15) is 4.79 Å². The first-order chi connectivity index (χ1) is 7.00. The molecule has 0 atom stereocenters. The molecule has 15 heavy (non-hydrogen) atoms. The van der Waals surface area contributed by atoms with E-state index in [0.29, 0.717) is 22.9 Å². The summed E-state index contributed by atoms with van der Waals surface area (Å²) in [5.41, 5.74) is 0.955. The first-order valence-corrected chi connectivity index (χ1v) is 5.40. The second kappa shape index (κ2) is 5.38. The number of hydrogen-bond donors (Lipinski definition) is 0. The highest BCUT2D eigenvalue weighted by Gasteiger charge is 2.06. The Bertz CT molecular complexity index is 364. The summed E-state index contributed by atoms with van der Waals surface area (Å²) in [4.78, 5) is 12.9. The third kappa shape index (κ3) is 3.73. The van der Waals surface area contributed by atoms with Crippen LogP contribution in [0.3, 0.4) is 0 Å². The van der Waals surface area contributed by atoms with Crippen molar-refractivity contribution in [1.29, 1.82) is 0 Å². The Morgan fingerprint density at radius 1 is 1.33 bits per heavy atom. The van der Waals surface area contributed by atoms with Gasteiger partial charge in [0.25, 0.3) is 0 Å². The monoisotopic (exact) mass is 245 g/mol. The van der Waals surface area contributed by atoms with E-state index in [0.717, 1.165) is 5.56 Å². The standard InChI is InChI=1S/C11H13Cl2NO/c1-14(2)11(15)6-4-8-3-5-9(12)7-10(8)13/h3,5,7H,4,6H2,1-2H3. The maximum absolute atomic E-state index is 11.4. The van der Waals surface area contributed by atoms with E-state index in [1.807, 2.05) is 6.07 Å². The smallest absolute Gasteiger partial charge is 0.222 e. The van der Waals surface area contributed by atoms with Gasteiger partial charge in [-0.15, -0.1) is 0 Å². The van der Waals surface area contributed by atoms with Gasteiger partial charge in [0.1, 0.15) is 0 Å². The highest BCUT2D eigenvalue weighted by Crippen LogP contribution is 2.22. The van der Waals surface area contributed by atoms with E-state index in [1.165, 1.54) is 0 Å². The number of nitrogens with zero attached hydrogens (tertiary/aromatic N) is 1. The second-order valence-corrected chi connectivity index (χ2v) is 4.37. The third-order valence-electron chi connectivity index (χ3n) is 2.12. The van der Waals surface area contributed by atoms with Crippen molar-refractivity contribution < 1.29 is 4.79 Å². The van der Waals surface area contributed by atoms with E-state index < -0.39 is 0 Å². The summed E-state index contributed by atoms with van der Waals surface area (Å²) in [7, 11) is 3.48. The van der Waals surface area contributed by atoms with E-state index >= 15 is 0 Å². The SMILES string of the molecule is CN(C)C(=O)CCc1ccc(Cl)cc1Cl. The molecule has 1 aromatic carbocycles. The van der Waals surface area contributed by atoms with E-state index in [-0.39, 0.29) is 5.91 Å². The molecule has 1 rings (SSSR count). The minimum atomic E-state index is 0.0982. The average Bonchev–Trinajstić information content (AvgIpc) is 2.15. The van der Waals surface area contributed by atoms with Crippen LogP contribution in [0.2, 0.25) is 10.0 Å². The molecule has 1 aromatic rings. The Kier molecular flexibility index (Phi) is 4.43. The fourth-order valence-corrected chi connectivity index (χ4v) is 1.69. The maximum atomic E-state index is 11.4. The molecule has 0 heterocycles. The molecule has 0 N–H and O–H groups in total. The molecule has 4 heteroatoms. The number of carbonyl (C=O) groups is 1. The van der Waals surface area contributed by atoms with Gasteiger partial charge in [-0.05, 0) is 24.1 Å². The quantitative estimate of drug-likeness (QED) is 0.802. The fourth-order valence-electron chi connectivity index (χ4n) is 1.19. The highest BCUT2D eigenvalue weighted by atomic mass is 35.5. The van der Waals surface area contributed by atoms with Gasteiger partial charge in [0.2, 0.25) is 5.91 Å². The number of hydrogen-bond acceptors (Lipinski definition) is 1. The molecule has 0 spiro atoms. The van der Waals surface area contributed by atoms with Gasteiger partial charge in [0.05, 0.1) is 0 Å². The summed E-state index contributed by atoms with van der Waals surface area (Å²) in [6.45, 7) is 0. The molecule has 0 fully saturated rings. The lowest BCUT2D eigenvalue weighted by molar-refractivity contribution is -0.128. The number of benzene rings is 1. The average molecular weight is 246 g/mol. The number of rotatable bonds is 3. The van der Waals surface area contributed by atoms with Crippen molar-refractivity contribution in [3.05, 3.63) is 33.8 Å². The molecule has 2 nitrogen and oxygen atoms in total. The number of aryl methyl sites for hydroxylation is 1. The van der Waals surface area contributed by atoms with Gasteiger partial charge in [-0.25, -0.2) is 0 Å². The van der Waals surface area contributed by atoms with Crippen LogP contribution in [0, 0.1) is 0 Å². The van der Waals surface area contributed by atoms with Gasteiger partial charge in [0, 0.05) is 30.6 Å². The van der Waals surface area contributed by atoms with Crippen molar-refractivity contribution in [2.24, 2.45) is 0 Å². The van der Waals surface area contributed by atoms with Crippen LogP contribution in [0.25, 0.3) is 0 Å². The van der Waals surface area contributed by atoms with Gasteiger partial charge in [-0.3, -0.25) is 4.79 Å². The topological polar surface area (TPSA) is 20.3 Å². The van der Waals surface area contributed by atoms with Crippen LogP contribution in [0.4, 0.5) is 0 Å². The van der Waals surface area contributed by atoms with Crippen LogP contribution < -0.4 is 0 Å². The molecule has 0 aliphatic carbocycles. The summed E-state index contributed by atoms with van der Waals surface area (Å²) in [5, 5.41) is 1.23. The van der Waals surface area contributed by atoms with Gasteiger partial charge >= 0.3 is 0 Å². The molecule has 0 aliphatic rings. The molecule has 0 saturated heterocycles. The minimum absolute atomic E-state index is 0.0982. The molecule has 1 amide bonds. The van der Waals surface area contributed by atoms with Crippen LogP contribution in [0.5, 0.6) is 0 Å². The van der Waals surface area contributed by atoms with E-state index in [4.69, 9.17) is 23.2 Å². The van der Waals surface area contributed by atoms with Crippen molar-refractivity contribution in [2.45, 2.75) is 12.8 Å². The highest BCUT2D eigenvalue weighted by molar-refractivity contribution is 6.35. The Balaban J connectivity index is 2.62. The van der Waals surface area contributed by atoms with Crippen LogP contribution in [0.1, 0.15) is 12.0 Å². The predicted octanol–water partition coefficient (Wildman–Crippen LogP) is 3.01. The largest absolute Gasteiger partial charge is 0.349 e. The normalized spacial score (nSPS) is 10.1. The molecule has 0 saturated carbocycles. The fraction of sp³-hybridized carbons (Fsp3) is 0.364. The van der Waals surface area contributed by atoms with Crippen LogP contribution in [-0.2, 0) is 11.2 Å². The molecule has 0 unspecified atom stereocenters. The predicted molar refractivity (Wildman–Crippen MR) is 63.5 cm³/mol. The van der Waals surface area contributed by atoms with Crippen molar-refractivity contribution >= 4 is 29.1 Å². The van der Waals surface area contributed by atoms with E-state index in [2.05, 4.69) is 0 Å². The summed E-state index contributed by atoms with van der Waals surface area (Å²) < 4.78 is 0.